The van der Waals surface area contributed by atoms with Gasteiger partial charge in [0.2, 0.25) is 0 Å². The van der Waals surface area contributed by atoms with Crippen LogP contribution in [0.4, 0.5) is 5.82 Å². The number of ether oxygens (including phenoxy) is 1. The standard InChI is InChI=1S/C19H23N5OS/c1-12-13(2)21-17(15-6-8-20-9-7-15)23-18(12)24(4)10-16-11-26-19(22-16)14(3)25-5/h6-9,11,14H,10H2,1-5H3. The second-order valence-electron chi connectivity index (χ2n) is 6.23. The third-order valence-electron chi connectivity index (χ3n) is 4.33. The molecule has 3 aromatic rings. The summed E-state index contributed by atoms with van der Waals surface area (Å²) < 4.78 is 5.35. The molecule has 0 radical (unpaired) electrons. The van der Waals surface area contributed by atoms with Crippen LogP contribution in [0.25, 0.3) is 11.4 Å². The number of aromatic nitrogens is 4. The van der Waals surface area contributed by atoms with E-state index in [1.807, 2.05) is 33.0 Å². The van der Waals surface area contributed by atoms with Gasteiger partial charge >= 0.3 is 0 Å². The molecule has 26 heavy (non-hydrogen) atoms. The van der Waals surface area contributed by atoms with Gasteiger partial charge in [0.1, 0.15) is 16.9 Å². The van der Waals surface area contributed by atoms with Crippen LogP contribution in [0.5, 0.6) is 0 Å². The summed E-state index contributed by atoms with van der Waals surface area (Å²) >= 11 is 1.62. The molecule has 0 saturated heterocycles. The first kappa shape index (κ1) is 18.4. The van der Waals surface area contributed by atoms with Gasteiger partial charge in [-0.25, -0.2) is 15.0 Å². The summed E-state index contributed by atoms with van der Waals surface area (Å²) in [6.07, 6.45) is 3.52. The molecule has 1 atom stereocenters. The molecule has 0 aliphatic rings. The monoisotopic (exact) mass is 369 g/mol. The number of nitrogens with zero attached hydrogens (tertiary/aromatic N) is 5. The lowest BCUT2D eigenvalue weighted by Crippen LogP contribution is -2.20. The number of rotatable bonds is 6. The van der Waals surface area contributed by atoms with Gasteiger partial charge in [0.25, 0.3) is 0 Å². The summed E-state index contributed by atoms with van der Waals surface area (Å²) in [5.41, 5.74) is 4.02. The normalized spacial score (nSPS) is 12.2. The first-order valence-electron chi connectivity index (χ1n) is 8.43. The highest BCUT2D eigenvalue weighted by Crippen LogP contribution is 2.26. The smallest absolute Gasteiger partial charge is 0.161 e. The van der Waals surface area contributed by atoms with Crippen LogP contribution in [0.3, 0.4) is 0 Å². The Labute approximate surface area is 157 Å². The van der Waals surface area contributed by atoms with Gasteiger partial charge in [0.15, 0.2) is 5.82 Å². The molecule has 1 unspecified atom stereocenters. The molecule has 0 N–H and O–H groups in total. The zero-order valence-corrected chi connectivity index (χ0v) is 16.5. The Morgan fingerprint density at radius 1 is 1.15 bits per heavy atom. The molecule has 0 saturated carbocycles. The maximum Gasteiger partial charge on any atom is 0.161 e. The van der Waals surface area contributed by atoms with E-state index in [-0.39, 0.29) is 6.10 Å². The number of hydrogen-bond acceptors (Lipinski definition) is 7. The maximum atomic E-state index is 5.35. The number of methoxy groups -OCH3 is 1. The van der Waals surface area contributed by atoms with Crippen LogP contribution >= 0.6 is 11.3 Å². The first-order chi connectivity index (χ1) is 12.5. The lowest BCUT2D eigenvalue weighted by Gasteiger charge is -2.21. The van der Waals surface area contributed by atoms with E-state index in [1.165, 1.54) is 0 Å². The molecular formula is C19H23N5OS. The van der Waals surface area contributed by atoms with Crippen molar-refractivity contribution in [3.05, 3.63) is 51.9 Å². The van der Waals surface area contributed by atoms with Gasteiger partial charge < -0.3 is 9.64 Å². The van der Waals surface area contributed by atoms with Gasteiger partial charge in [-0.1, -0.05) is 0 Å². The number of pyridine rings is 1. The molecule has 3 rings (SSSR count). The van der Waals surface area contributed by atoms with Crippen LogP contribution in [-0.2, 0) is 11.3 Å². The Morgan fingerprint density at radius 2 is 1.88 bits per heavy atom. The van der Waals surface area contributed by atoms with E-state index in [0.717, 1.165) is 33.3 Å². The zero-order valence-electron chi connectivity index (χ0n) is 15.7. The van der Waals surface area contributed by atoms with Gasteiger partial charge in [0, 0.05) is 48.8 Å². The number of aryl methyl sites for hydroxylation is 1. The fourth-order valence-corrected chi connectivity index (χ4v) is 3.46. The summed E-state index contributed by atoms with van der Waals surface area (Å²) in [4.78, 5) is 20.3. The minimum atomic E-state index is 0.0142. The van der Waals surface area contributed by atoms with Crippen LogP contribution in [0, 0.1) is 13.8 Å². The molecule has 3 aromatic heterocycles. The molecule has 136 valence electrons. The fourth-order valence-electron chi connectivity index (χ4n) is 2.62. The predicted octanol–water partition coefficient (Wildman–Crippen LogP) is 3.96. The second kappa shape index (κ2) is 7.88. The van der Waals surface area contributed by atoms with Crippen LogP contribution < -0.4 is 4.90 Å². The zero-order chi connectivity index (χ0) is 18.7. The van der Waals surface area contributed by atoms with E-state index < -0.39 is 0 Å². The van der Waals surface area contributed by atoms with Gasteiger partial charge in [0.05, 0.1) is 12.2 Å². The molecule has 0 fully saturated rings. The van der Waals surface area contributed by atoms with Crippen LogP contribution in [-0.4, -0.2) is 34.1 Å². The van der Waals surface area contributed by atoms with Gasteiger partial charge in [-0.05, 0) is 32.9 Å². The molecule has 0 spiro atoms. The van der Waals surface area contributed by atoms with Crippen molar-refractivity contribution >= 4 is 17.2 Å². The Kier molecular flexibility index (Phi) is 5.58. The summed E-state index contributed by atoms with van der Waals surface area (Å²) in [7, 11) is 3.73. The number of hydrogen-bond donors (Lipinski definition) is 0. The average molecular weight is 369 g/mol. The number of anilines is 1. The Balaban J connectivity index is 1.88. The van der Waals surface area contributed by atoms with Crippen molar-refractivity contribution in [1.29, 1.82) is 0 Å². The molecule has 3 heterocycles. The fraction of sp³-hybridized carbons (Fsp3) is 0.368. The minimum Gasteiger partial charge on any atom is -0.375 e. The van der Waals surface area contributed by atoms with Gasteiger partial charge in [-0.15, -0.1) is 11.3 Å². The van der Waals surface area contributed by atoms with Crippen molar-refractivity contribution < 1.29 is 4.74 Å². The topological polar surface area (TPSA) is 64.0 Å². The lowest BCUT2D eigenvalue weighted by molar-refractivity contribution is 0.119. The summed E-state index contributed by atoms with van der Waals surface area (Å²) in [6.45, 7) is 6.75. The van der Waals surface area contributed by atoms with Crippen molar-refractivity contribution in [2.24, 2.45) is 0 Å². The summed E-state index contributed by atoms with van der Waals surface area (Å²) in [5.74, 6) is 1.63. The molecule has 0 aliphatic carbocycles. The molecule has 6 nitrogen and oxygen atoms in total. The van der Waals surface area contributed by atoms with Gasteiger partial charge in [-0.2, -0.15) is 0 Å². The van der Waals surface area contributed by atoms with Crippen molar-refractivity contribution in [3.63, 3.8) is 0 Å². The summed E-state index contributed by atoms with van der Waals surface area (Å²) in [6, 6.07) is 3.85. The van der Waals surface area contributed by atoms with Crippen molar-refractivity contribution in [2.75, 3.05) is 19.1 Å². The van der Waals surface area contributed by atoms with Crippen LogP contribution in [0.15, 0.2) is 29.9 Å². The highest BCUT2D eigenvalue weighted by atomic mass is 32.1. The van der Waals surface area contributed by atoms with Crippen molar-refractivity contribution in [1.82, 2.24) is 19.9 Å². The van der Waals surface area contributed by atoms with Crippen LogP contribution in [0.1, 0.15) is 35.0 Å². The SMILES string of the molecule is COC(C)c1nc(CN(C)c2nc(-c3ccncc3)nc(C)c2C)cs1. The average Bonchev–Trinajstić information content (AvgIpc) is 3.12. The molecule has 0 aromatic carbocycles. The largest absolute Gasteiger partial charge is 0.375 e. The molecular weight excluding hydrogens is 346 g/mol. The Hall–Kier alpha value is -2.38. The van der Waals surface area contributed by atoms with E-state index in [1.54, 1.807) is 30.8 Å². The number of thiazole rings is 1. The van der Waals surface area contributed by atoms with Crippen molar-refractivity contribution in [3.8, 4) is 11.4 Å². The van der Waals surface area contributed by atoms with Crippen molar-refractivity contribution in [2.45, 2.75) is 33.4 Å². The molecule has 0 aliphatic heterocycles. The van der Waals surface area contributed by atoms with Gasteiger partial charge in [-0.3, -0.25) is 4.98 Å². The highest BCUT2D eigenvalue weighted by molar-refractivity contribution is 7.09. The van der Waals surface area contributed by atoms with E-state index in [0.29, 0.717) is 12.4 Å². The second-order valence-corrected chi connectivity index (χ2v) is 7.12. The maximum absolute atomic E-state index is 5.35. The molecule has 0 bridgehead atoms. The quantitative estimate of drug-likeness (QED) is 0.655. The molecule has 0 amide bonds. The molecule has 7 heteroatoms. The highest BCUT2D eigenvalue weighted by Gasteiger charge is 2.16. The minimum absolute atomic E-state index is 0.0142. The Morgan fingerprint density at radius 3 is 2.58 bits per heavy atom. The van der Waals surface area contributed by atoms with E-state index in [9.17, 15) is 0 Å². The predicted molar refractivity (Wildman–Crippen MR) is 104 cm³/mol. The van der Waals surface area contributed by atoms with E-state index in [4.69, 9.17) is 9.72 Å². The third-order valence-corrected chi connectivity index (χ3v) is 5.39. The third kappa shape index (κ3) is 3.89. The van der Waals surface area contributed by atoms with E-state index in [2.05, 4.69) is 32.2 Å². The van der Waals surface area contributed by atoms with E-state index >= 15 is 0 Å². The summed E-state index contributed by atoms with van der Waals surface area (Å²) in [5, 5.41) is 3.07. The first-order valence-corrected chi connectivity index (χ1v) is 9.31. The lowest BCUT2D eigenvalue weighted by atomic mass is 10.2. The van der Waals surface area contributed by atoms with Crippen LogP contribution in [0.2, 0.25) is 0 Å². The Bertz CT molecular complexity index is 881.